The lowest BCUT2D eigenvalue weighted by Crippen LogP contribution is -2.28. The predicted octanol–water partition coefficient (Wildman–Crippen LogP) is 6.59. The number of alkyl halides is 2. The number of hydrogen-bond donors (Lipinski definition) is 3. The van der Waals surface area contributed by atoms with Gasteiger partial charge in [0, 0.05) is 34.2 Å². The van der Waals surface area contributed by atoms with Gasteiger partial charge in [-0.3, -0.25) is 0 Å². The van der Waals surface area contributed by atoms with E-state index in [1.807, 2.05) is 26.0 Å². The van der Waals surface area contributed by atoms with Crippen LogP contribution in [0.15, 0.2) is 54.6 Å². The number of aromatic nitrogens is 2. The highest BCUT2D eigenvalue weighted by Gasteiger charge is 2.39. The van der Waals surface area contributed by atoms with Crippen molar-refractivity contribution in [2.24, 2.45) is 5.73 Å². The Labute approximate surface area is 221 Å². The summed E-state index contributed by atoms with van der Waals surface area (Å²) in [6, 6.07) is 13.0. The van der Waals surface area contributed by atoms with Crippen LogP contribution in [-0.2, 0) is 5.54 Å². The van der Waals surface area contributed by atoms with Crippen molar-refractivity contribution in [2.75, 3.05) is 0 Å². The molecule has 11 heteroatoms. The van der Waals surface area contributed by atoms with Gasteiger partial charge < -0.3 is 25.5 Å². The van der Waals surface area contributed by atoms with Crippen molar-refractivity contribution in [2.45, 2.75) is 44.5 Å². The lowest BCUT2D eigenvalue weighted by molar-refractivity contribution is -0.0506. The van der Waals surface area contributed by atoms with Gasteiger partial charge in [0.2, 0.25) is 0 Å². The van der Waals surface area contributed by atoms with Gasteiger partial charge in [-0.2, -0.15) is 8.78 Å². The van der Waals surface area contributed by atoms with Gasteiger partial charge in [-0.15, -0.1) is 0 Å². The number of amides is 1. The first kappa shape index (κ1) is 25.9. The number of imidazole rings is 1. The summed E-state index contributed by atoms with van der Waals surface area (Å²) in [6.07, 6.45) is -1.15. The van der Waals surface area contributed by atoms with Crippen LogP contribution in [0.3, 0.4) is 0 Å². The van der Waals surface area contributed by atoms with Crippen molar-refractivity contribution >= 4 is 28.7 Å². The number of nitrogens with one attached hydrogen (secondary N) is 1. The third kappa shape index (κ3) is 4.65. The Morgan fingerprint density at radius 1 is 1.24 bits per heavy atom. The van der Waals surface area contributed by atoms with E-state index in [4.69, 9.17) is 22.1 Å². The zero-order valence-corrected chi connectivity index (χ0v) is 21.1. The molecule has 1 aliphatic rings. The van der Waals surface area contributed by atoms with Crippen LogP contribution in [0.2, 0.25) is 5.02 Å². The molecule has 3 aromatic carbocycles. The Morgan fingerprint density at radius 2 is 1.95 bits per heavy atom. The van der Waals surface area contributed by atoms with Gasteiger partial charge in [0.15, 0.2) is 0 Å². The van der Waals surface area contributed by atoms with Crippen LogP contribution in [-0.4, -0.2) is 27.4 Å². The van der Waals surface area contributed by atoms with E-state index in [2.05, 4.69) is 10.3 Å². The molecule has 1 aromatic heterocycles. The number of hydrogen-bond acceptors (Lipinski definition) is 4. The summed E-state index contributed by atoms with van der Waals surface area (Å²) < 4.78 is 48.2. The van der Waals surface area contributed by atoms with Crippen LogP contribution in [0.4, 0.5) is 18.0 Å². The second kappa shape index (κ2) is 9.52. The minimum Gasteiger partial charge on any atom is -0.465 e. The summed E-state index contributed by atoms with van der Waals surface area (Å²) in [7, 11) is 0. The topological polar surface area (TPSA) is 102 Å². The molecule has 1 aliphatic heterocycles. The molecule has 2 heterocycles. The molecule has 2 atom stereocenters. The summed E-state index contributed by atoms with van der Waals surface area (Å²) in [5.41, 5.74) is 8.39. The summed E-state index contributed by atoms with van der Waals surface area (Å²) in [4.78, 5) is 16.0. The van der Waals surface area contributed by atoms with Crippen LogP contribution in [0, 0.1) is 5.82 Å². The van der Waals surface area contributed by atoms with Crippen molar-refractivity contribution in [3.05, 3.63) is 82.4 Å². The number of carbonyl (C=O) groups is 1. The standard InChI is InChI=1S/C27H24ClF3N4O3/c1-27(2,32)14-8-6-13(7-9-14)15-10-20-18(11-17(15)29)33-24-19(34-26(36)37)12-21(35(20)24)23-16(28)4-3-5-22(23)38-25(30)31/h3-11,19,21,25,34H,12,32H2,1-2H3,(H,36,37)/t19-,21-/m1/s1. The molecule has 0 aliphatic carbocycles. The molecule has 0 bridgehead atoms. The third-order valence-electron chi connectivity index (χ3n) is 6.69. The molecular formula is C27H24ClF3N4O3. The molecule has 0 unspecified atom stereocenters. The van der Waals surface area contributed by atoms with Gasteiger partial charge in [0.05, 0.1) is 23.1 Å². The first-order valence-corrected chi connectivity index (χ1v) is 12.2. The molecule has 0 spiro atoms. The van der Waals surface area contributed by atoms with E-state index >= 15 is 4.39 Å². The van der Waals surface area contributed by atoms with Crippen molar-refractivity contribution < 1.29 is 27.8 Å². The van der Waals surface area contributed by atoms with Crippen LogP contribution in [0.1, 0.15) is 49.3 Å². The quantitative estimate of drug-likeness (QED) is 0.254. The van der Waals surface area contributed by atoms with E-state index in [0.29, 0.717) is 16.9 Å². The number of nitrogens with two attached hydrogens (primary N) is 1. The van der Waals surface area contributed by atoms with E-state index < -0.39 is 36.1 Å². The highest BCUT2D eigenvalue weighted by Crippen LogP contribution is 2.47. The van der Waals surface area contributed by atoms with Crippen LogP contribution in [0.5, 0.6) is 5.75 Å². The van der Waals surface area contributed by atoms with E-state index in [-0.39, 0.29) is 33.8 Å². The lowest BCUT2D eigenvalue weighted by atomic mass is 9.93. The van der Waals surface area contributed by atoms with Gasteiger partial charge in [0.1, 0.15) is 17.4 Å². The number of halogens is 4. The second-order valence-electron chi connectivity index (χ2n) is 9.74. The zero-order chi connectivity index (χ0) is 27.4. The van der Waals surface area contributed by atoms with Gasteiger partial charge in [-0.25, -0.2) is 14.2 Å². The van der Waals surface area contributed by atoms with E-state index in [9.17, 15) is 18.7 Å². The molecule has 0 saturated heterocycles. The largest absolute Gasteiger partial charge is 0.465 e. The van der Waals surface area contributed by atoms with Crippen LogP contribution < -0.4 is 15.8 Å². The number of ether oxygens (including phenoxy) is 1. The highest BCUT2D eigenvalue weighted by molar-refractivity contribution is 6.31. The first-order valence-electron chi connectivity index (χ1n) is 11.8. The van der Waals surface area contributed by atoms with E-state index in [0.717, 1.165) is 5.56 Å². The molecule has 4 N–H and O–H groups in total. The van der Waals surface area contributed by atoms with E-state index in [1.54, 1.807) is 22.8 Å². The van der Waals surface area contributed by atoms with Gasteiger partial charge in [-0.05, 0) is 43.2 Å². The fourth-order valence-corrected chi connectivity index (χ4v) is 5.29. The first-order chi connectivity index (χ1) is 17.9. The molecular weight excluding hydrogens is 521 g/mol. The van der Waals surface area contributed by atoms with E-state index in [1.165, 1.54) is 24.3 Å². The Bertz CT molecular complexity index is 1530. The number of benzene rings is 3. The Morgan fingerprint density at radius 3 is 2.58 bits per heavy atom. The Hall–Kier alpha value is -3.76. The maximum Gasteiger partial charge on any atom is 0.405 e. The minimum atomic E-state index is -3.09. The van der Waals surface area contributed by atoms with Crippen molar-refractivity contribution in [1.82, 2.24) is 14.9 Å². The number of fused-ring (bicyclic) bond motifs is 3. The van der Waals surface area contributed by atoms with Gasteiger partial charge in [-0.1, -0.05) is 41.9 Å². The third-order valence-corrected chi connectivity index (χ3v) is 7.02. The van der Waals surface area contributed by atoms with Crippen molar-refractivity contribution in [3.63, 3.8) is 0 Å². The molecule has 7 nitrogen and oxygen atoms in total. The average Bonchev–Trinajstić information content (AvgIpc) is 3.34. The monoisotopic (exact) mass is 544 g/mol. The fraction of sp³-hybridized carbons (Fsp3) is 0.259. The number of carboxylic acid groups (broad SMARTS) is 1. The Kier molecular flexibility index (Phi) is 6.48. The maximum absolute atomic E-state index is 15.3. The minimum absolute atomic E-state index is 0.136. The molecule has 4 aromatic rings. The summed E-state index contributed by atoms with van der Waals surface area (Å²) in [5, 5.41) is 12.0. The average molecular weight is 545 g/mol. The predicted molar refractivity (Wildman–Crippen MR) is 137 cm³/mol. The van der Waals surface area contributed by atoms with Gasteiger partial charge in [0.25, 0.3) is 0 Å². The fourth-order valence-electron chi connectivity index (χ4n) is 5.00. The molecule has 5 rings (SSSR count). The smallest absolute Gasteiger partial charge is 0.405 e. The maximum atomic E-state index is 15.3. The summed E-state index contributed by atoms with van der Waals surface area (Å²) in [5.74, 6) is -0.344. The summed E-state index contributed by atoms with van der Waals surface area (Å²) in [6.45, 7) is 0.641. The highest BCUT2D eigenvalue weighted by atomic mass is 35.5. The second-order valence-corrected chi connectivity index (χ2v) is 10.2. The molecule has 1 amide bonds. The summed E-state index contributed by atoms with van der Waals surface area (Å²) >= 11 is 6.47. The lowest BCUT2D eigenvalue weighted by Gasteiger charge is -2.21. The normalized spacial score (nSPS) is 17.2. The number of rotatable bonds is 6. The molecule has 0 radical (unpaired) electrons. The SMILES string of the molecule is CC(C)(N)c1ccc(-c2cc3c(cc2F)nc2n3[C@@H](c3c(Cl)cccc3OC(F)F)C[C@H]2NC(=O)O)cc1. The molecule has 198 valence electrons. The molecule has 0 fully saturated rings. The van der Waals surface area contributed by atoms with Crippen LogP contribution >= 0.6 is 11.6 Å². The zero-order valence-electron chi connectivity index (χ0n) is 20.4. The number of nitrogens with zero attached hydrogens (tertiary/aromatic N) is 2. The van der Waals surface area contributed by atoms with Crippen molar-refractivity contribution in [1.29, 1.82) is 0 Å². The molecule has 0 saturated carbocycles. The van der Waals surface area contributed by atoms with Crippen molar-refractivity contribution in [3.8, 4) is 16.9 Å². The van der Waals surface area contributed by atoms with Crippen LogP contribution in [0.25, 0.3) is 22.2 Å². The Balaban J connectivity index is 1.70. The van der Waals surface area contributed by atoms with Gasteiger partial charge >= 0.3 is 12.7 Å². The molecule has 38 heavy (non-hydrogen) atoms.